The fraction of sp³-hybridized carbons (Fsp3) is 0.267. The molecule has 8 heteroatoms. The van der Waals surface area contributed by atoms with Crippen molar-refractivity contribution in [3.05, 3.63) is 52.5 Å². The third-order valence-electron chi connectivity index (χ3n) is 3.73. The van der Waals surface area contributed by atoms with Gasteiger partial charge in [-0.15, -0.1) is 0 Å². The van der Waals surface area contributed by atoms with Gasteiger partial charge in [0.2, 0.25) is 5.82 Å². The van der Waals surface area contributed by atoms with Crippen molar-refractivity contribution in [3.63, 3.8) is 0 Å². The third-order valence-corrected chi connectivity index (χ3v) is 3.73. The molecule has 0 aliphatic carbocycles. The number of halogens is 3. The van der Waals surface area contributed by atoms with Crippen LogP contribution in [-0.2, 0) is 0 Å². The first kappa shape index (κ1) is 15.3. The van der Waals surface area contributed by atoms with E-state index in [1.165, 1.54) is 35.4 Å². The van der Waals surface area contributed by atoms with E-state index in [0.717, 1.165) is 0 Å². The lowest BCUT2D eigenvalue weighted by atomic mass is 10.0. The molecule has 2 atom stereocenters. The highest BCUT2D eigenvalue weighted by molar-refractivity contribution is 5.80. The largest absolute Gasteiger partial charge is 0.345 e. The van der Waals surface area contributed by atoms with Crippen LogP contribution in [0, 0.1) is 15.9 Å². The quantitative estimate of drug-likeness (QED) is 0.642. The summed E-state index contributed by atoms with van der Waals surface area (Å²) in [5.41, 5.74) is -0.398. The third kappa shape index (κ3) is 2.71. The van der Waals surface area contributed by atoms with Crippen molar-refractivity contribution in [1.82, 2.24) is 4.98 Å². The van der Waals surface area contributed by atoms with Crippen LogP contribution in [0.1, 0.15) is 0 Å². The molecule has 23 heavy (non-hydrogen) atoms. The highest BCUT2D eigenvalue weighted by Crippen LogP contribution is 2.39. The molecule has 0 bridgehead atoms. The summed E-state index contributed by atoms with van der Waals surface area (Å²) in [6, 6.07) is 6.92. The zero-order valence-electron chi connectivity index (χ0n) is 11.8. The molecule has 3 rings (SSSR count). The van der Waals surface area contributed by atoms with E-state index in [9.17, 15) is 23.3 Å². The maximum absolute atomic E-state index is 14.0. The fourth-order valence-corrected chi connectivity index (χ4v) is 2.65. The number of alkyl halides is 2. The predicted molar refractivity (Wildman–Crippen MR) is 78.3 cm³/mol. The second kappa shape index (κ2) is 5.86. The maximum atomic E-state index is 14.0. The topological polar surface area (TPSA) is 59.3 Å². The lowest BCUT2D eigenvalue weighted by Crippen LogP contribution is -2.22. The van der Waals surface area contributed by atoms with Crippen molar-refractivity contribution >= 4 is 11.5 Å². The minimum absolute atomic E-state index is 0.0239. The molecule has 1 aliphatic heterocycles. The van der Waals surface area contributed by atoms with Gasteiger partial charge in [-0.25, -0.2) is 18.2 Å². The number of nitro groups is 1. The second-order valence-corrected chi connectivity index (χ2v) is 5.20. The Balaban J connectivity index is 2.14. The second-order valence-electron chi connectivity index (χ2n) is 5.20. The number of benzene rings is 1. The van der Waals surface area contributed by atoms with Crippen LogP contribution in [-0.4, -0.2) is 35.3 Å². The number of hydrogen-bond donors (Lipinski definition) is 0. The first-order chi connectivity index (χ1) is 11.0. The normalized spacial score (nSPS) is 20.7. The lowest BCUT2D eigenvalue weighted by molar-refractivity contribution is -0.383. The molecule has 1 aromatic heterocycles. The standard InChI is InChI=1S/C15H12F3N3O2/c16-11-4-2-1-3-9(11)10-5-6-19-15(14(10)21(22)23)20-7-12(17)13(18)8-20/h1-6,12-13H,7-8H2/t12-,13+. The Morgan fingerprint density at radius 3 is 2.39 bits per heavy atom. The van der Waals surface area contributed by atoms with Crippen molar-refractivity contribution < 1.29 is 18.1 Å². The van der Waals surface area contributed by atoms with Gasteiger partial charge in [-0.2, -0.15) is 0 Å². The van der Waals surface area contributed by atoms with E-state index in [0.29, 0.717) is 0 Å². The van der Waals surface area contributed by atoms with E-state index in [4.69, 9.17) is 0 Å². The van der Waals surface area contributed by atoms with E-state index < -0.39 is 28.8 Å². The molecule has 0 radical (unpaired) electrons. The van der Waals surface area contributed by atoms with Gasteiger partial charge in [-0.3, -0.25) is 10.1 Å². The highest BCUT2D eigenvalue weighted by Gasteiger charge is 2.37. The summed E-state index contributed by atoms with van der Waals surface area (Å²) < 4.78 is 40.8. The average Bonchev–Trinajstić information content (AvgIpc) is 2.86. The maximum Gasteiger partial charge on any atom is 0.319 e. The monoisotopic (exact) mass is 323 g/mol. The molecule has 1 saturated heterocycles. The zero-order chi connectivity index (χ0) is 16.6. The predicted octanol–water partition coefficient (Wildman–Crippen LogP) is 3.29. The lowest BCUT2D eigenvalue weighted by Gasteiger charge is -2.17. The van der Waals surface area contributed by atoms with Gasteiger partial charge in [0.15, 0.2) is 12.3 Å². The van der Waals surface area contributed by atoms with Crippen LogP contribution >= 0.6 is 0 Å². The molecule has 1 aliphatic rings. The SMILES string of the molecule is O=[N+]([O-])c1c(-c2ccccc2F)ccnc1N1C[C@@H](F)[C@@H](F)C1. The summed E-state index contributed by atoms with van der Waals surface area (Å²) in [6.07, 6.45) is -2.19. The molecule has 120 valence electrons. The van der Waals surface area contributed by atoms with Gasteiger partial charge in [0.25, 0.3) is 0 Å². The molecule has 0 spiro atoms. The molecule has 0 saturated carbocycles. The van der Waals surface area contributed by atoms with Crippen LogP contribution in [0.4, 0.5) is 24.7 Å². The molecule has 1 fully saturated rings. The number of anilines is 1. The van der Waals surface area contributed by atoms with E-state index in [1.807, 2.05) is 0 Å². The van der Waals surface area contributed by atoms with Crippen LogP contribution in [0.3, 0.4) is 0 Å². The van der Waals surface area contributed by atoms with Crippen LogP contribution in [0.15, 0.2) is 36.5 Å². The molecule has 2 heterocycles. The minimum Gasteiger partial charge on any atom is -0.345 e. The van der Waals surface area contributed by atoms with Crippen LogP contribution < -0.4 is 4.90 Å². The summed E-state index contributed by atoms with van der Waals surface area (Å²) in [4.78, 5) is 15.8. The van der Waals surface area contributed by atoms with Gasteiger partial charge in [0.1, 0.15) is 5.82 Å². The number of nitrogens with zero attached hydrogens (tertiary/aromatic N) is 3. The number of aromatic nitrogens is 1. The molecule has 0 amide bonds. The van der Waals surface area contributed by atoms with Crippen molar-refractivity contribution in [2.24, 2.45) is 0 Å². The number of rotatable bonds is 3. The van der Waals surface area contributed by atoms with Gasteiger partial charge < -0.3 is 4.90 Å². The van der Waals surface area contributed by atoms with E-state index in [2.05, 4.69) is 4.98 Å². The Bertz CT molecular complexity index is 746. The van der Waals surface area contributed by atoms with E-state index in [1.54, 1.807) is 6.07 Å². The average molecular weight is 323 g/mol. The first-order valence-corrected chi connectivity index (χ1v) is 6.90. The summed E-state index contributed by atoms with van der Waals surface area (Å²) in [5.74, 6) is -0.778. The van der Waals surface area contributed by atoms with E-state index >= 15 is 0 Å². The van der Waals surface area contributed by atoms with Crippen LogP contribution in [0.5, 0.6) is 0 Å². The van der Waals surface area contributed by atoms with Crippen molar-refractivity contribution in [2.75, 3.05) is 18.0 Å². The van der Waals surface area contributed by atoms with Gasteiger partial charge >= 0.3 is 5.69 Å². The van der Waals surface area contributed by atoms with Crippen molar-refractivity contribution in [2.45, 2.75) is 12.3 Å². The fourth-order valence-electron chi connectivity index (χ4n) is 2.65. The van der Waals surface area contributed by atoms with Crippen LogP contribution in [0.25, 0.3) is 11.1 Å². The Labute approximate surface area is 129 Å². The Kier molecular flexibility index (Phi) is 3.89. The molecular formula is C15H12F3N3O2. The van der Waals surface area contributed by atoms with Crippen molar-refractivity contribution in [1.29, 1.82) is 0 Å². The number of hydrogen-bond acceptors (Lipinski definition) is 4. The Hall–Kier alpha value is -2.64. The zero-order valence-corrected chi connectivity index (χ0v) is 11.8. The summed E-state index contributed by atoms with van der Waals surface area (Å²) in [5, 5.41) is 11.5. The smallest absolute Gasteiger partial charge is 0.319 e. The summed E-state index contributed by atoms with van der Waals surface area (Å²) in [7, 11) is 0. The van der Waals surface area contributed by atoms with E-state index in [-0.39, 0.29) is 30.0 Å². The minimum atomic E-state index is -1.73. The van der Waals surface area contributed by atoms with Gasteiger partial charge in [-0.05, 0) is 12.1 Å². The Morgan fingerprint density at radius 1 is 1.13 bits per heavy atom. The van der Waals surface area contributed by atoms with Gasteiger partial charge in [-0.1, -0.05) is 18.2 Å². The summed E-state index contributed by atoms with van der Waals surface area (Å²) in [6.45, 7) is -0.647. The Morgan fingerprint density at radius 2 is 1.78 bits per heavy atom. The highest BCUT2D eigenvalue weighted by atomic mass is 19.2. The molecule has 5 nitrogen and oxygen atoms in total. The molecular weight excluding hydrogens is 311 g/mol. The first-order valence-electron chi connectivity index (χ1n) is 6.90. The van der Waals surface area contributed by atoms with Crippen LogP contribution in [0.2, 0.25) is 0 Å². The molecule has 1 aromatic carbocycles. The molecule has 0 N–H and O–H groups in total. The van der Waals surface area contributed by atoms with Crippen molar-refractivity contribution in [3.8, 4) is 11.1 Å². The van der Waals surface area contributed by atoms with Gasteiger partial charge in [0, 0.05) is 11.8 Å². The summed E-state index contributed by atoms with van der Waals surface area (Å²) >= 11 is 0. The van der Waals surface area contributed by atoms with Gasteiger partial charge in [0.05, 0.1) is 23.6 Å². The number of pyridine rings is 1. The molecule has 2 aromatic rings. The molecule has 0 unspecified atom stereocenters.